The summed E-state index contributed by atoms with van der Waals surface area (Å²) in [5.41, 5.74) is 0. The van der Waals surface area contributed by atoms with Crippen LogP contribution >= 0.6 is 7.14 Å². The van der Waals surface area contributed by atoms with E-state index in [1.165, 1.54) is 0 Å². The molecule has 98 valence electrons. The molecule has 3 aromatic carbocycles. The minimum Gasteiger partial charge on any atom is -0.309 e. The summed E-state index contributed by atoms with van der Waals surface area (Å²) in [5.74, 6) is 0. The zero-order valence-electron chi connectivity index (χ0n) is 14.0. The van der Waals surface area contributed by atoms with Crippen molar-refractivity contribution in [3.63, 3.8) is 0 Å². The Morgan fingerprint density at radius 2 is 0.652 bits per heavy atom. The Kier molecular flexibility index (Phi) is 11.9. The normalized spacial score (nSPS) is 9.74. The first kappa shape index (κ1) is 23.9. The van der Waals surface area contributed by atoms with Crippen LogP contribution in [0.2, 0.25) is 0 Å². The van der Waals surface area contributed by atoms with Gasteiger partial charge < -0.3 is 4.57 Å². The van der Waals surface area contributed by atoms with E-state index in [1.807, 2.05) is 91.0 Å². The third kappa shape index (κ3) is 5.43. The van der Waals surface area contributed by atoms with Crippen molar-refractivity contribution in [1.29, 1.82) is 0 Å². The fraction of sp³-hybridized carbons (Fsp3) is 0. The second kappa shape index (κ2) is 11.5. The Hall–Kier alpha value is 0.890. The predicted octanol–water partition coefficient (Wildman–Crippen LogP) is -5.66. The first-order chi connectivity index (χ1) is 9.82. The van der Waals surface area contributed by atoms with E-state index >= 15 is 0 Å². The molecule has 0 saturated heterocycles. The molecule has 0 unspecified atom stereocenters. The van der Waals surface area contributed by atoms with Crippen LogP contribution in [0.5, 0.6) is 0 Å². The van der Waals surface area contributed by atoms with Crippen molar-refractivity contribution in [2.75, 3.05) is 0 Å². The maximum absolute atomic E-state index is 13.8. The van der Waals surface area contributed by atoms with Crippen LogP contribution in [0, 0.1) is 0 Å². The van der Waals surface area contributed by atoms with Gasteiger partial charge in [-0.15, -0.1) is 0 Å². The second-order valence-corrected chi connectivity index (χ2v) is 7.38. The summed E-state index contributed by atoms with van der Waals surface area (Å²) in [7, 11) is -2.78. The van der Waals surface area contributed by atoms with Gasteiger partial charge in [0.15, 0.2) is 7.14 Å². The van der Waals surface area contributed by atoms with E-state index in [-0.39, 0.29) is 88.7 Å². The van der Waals surface area contributed by atoms with Crippen LogP contribution in [0.15, 0.2) is 91.0 Å². The van der Waals surface area contributed by atoms with E-state index in [0.717, 1.165) is 15.9 Å². The van der Waals surface area contributed by atoms with Crippen molar-refractivity contribution in [1.82, 2.24) is 0 Å². The Bertz CT molecular complexity index is 631. The molecule has 0 radical (unpaired) electrons. The smallest absolute Gasteiger partial charge is 0.309 e. The third-order valence-corrected chi connectivity index (χ3v) is 6.44. The van der Waals surface area contributed by atoms with Crippen LogP contribution in [0.3, 0.4) is 0 Å². The minimum atomic E-state index is -2.78. The number of hydrogen-bond donors (Lipinski definition) is 0. The van der Waals surface area contributed by atoms with Gasteiger partial charge in [-0.3, -0.25) is 0 Å². The molecule has 3 rings (SSSR count). The molecule has 5 heteroatoms. The molecule has 0 fully saturated rings. The van der Waals surface area contributed by atoms with E-state index in [2.05, 4.69) is 0 Å². The van der Waals surface area contributed by atoms with Gasteiger partial charge in [0.25, 0.3) is 0 Å². The Balaban J connectivity index is 0.00000161. The molecular formula is C18H15Na3OP+3. The van der Waals surface area contributed by atoms with Crippen LogP contribution in [0.4, 0.5) is 0 Å². The molecule has 0 heterocycles. The molecule has 0 aromatic heterocycles. The molecule has 3 aromatic rings. The molecule has 0 atom stereocenters. The van der Waals surface area contributed by atoms with Crippen molar-refractivity contribution in [3.8, 4) is 0 Å². The first-order valence-corrected chi connectivity index (χ1v) is 8.29. The van der Waals surface area contributed by atoms with E-state index in [1.54, 1.807) is 0 Å². The standard InChI is InChI=1S/C18H15OP.3Na/c19-20(16-10-4-1-5-11-16,17-12-6-2-7-13-17)18-14-8-3-9-15-18;;;/h1-15H;;;/q;3*+1. The molecule has 0 aliphatic rings. The van der Waals surface area contributed by atoms with Crippen LogP contribution in [0.1, 0.15) is 0 Å². The molecule has 0 bridgehead atoms. The molecule has 0 amide bonds. The van der Waals surface area contributed by atoms with Crippen molar-refractivity contribution in [2.24, 2.45) is 0 Å². The Morgan fingerprint density at radius 3 is 0.870 bits per heavy atom. The van der Waals surface area contributed by atoms with Gasteiger partial charge in [-0.05, 0) is 0 Å². The topological polar surface area (TPSA) is 17.1 Å². The zero-order chi connectivity index (χ0) is 13.8. The Labute approximate surface area is 204 Å². The second-order valence-electron chi connectivity index (χ2n) is 4.62. The van der Waals surface area contributed by atoms with Gasteiger partial charge in [0.1, 0.15) is 0 Å². The maximum Gasteiger partial charge on any atom is 1.00 e. The van der Waals surface area contributed by atoms with Gasteiger partial charge in [-0.1, -0.05) is 91.0 Å². The number of rotatable bonds is 3. The van der Waals surface area contributed by atoms with Gasteiger partial charge in [-0.25, -0.2) is 0 Å². The molecule has 0 spiro atoms. The van der Waals surface area contributed by atoms with Gasteiger partial charge in [0.05, 0.1) is 0 Å². The summed E-state index contributed by atoms with van der Waals surface area (Å²) in [5, 5.41) is 2.62. The summed E-state index contributed by atoms with van der Waals surface area (Å²) in [4.78, 5) is 0. The van der Waals surface area contributed by atoms with Gasteiger partial charge >= 0.3 is 88.7 Å². The monoisotopic (exact) mass is 347 g/mol. The van der Waals surface area contributed by atoms with E-state index in [0.29, 0.717) is 0 Å². The van der Waals surface area contributed by atoms with E-state index in [4.69, 9.17) is 0 Å². The molecule has 0 aliphatic carbocycles. The predicted molar refractivity (Wildman–Crippen MR) is 85.8 cm³/mol. The zero-order valence-corrected chi connectivity index (χ0v) is 20.9. The minimum absolute atomic E-state index is 0. The average molecular weight is 347 g/mol. The maximum atomic E-state index is 13.8. The van der Waals surface area contributed by atoms with Gasteiger partial charge in [0.2, 0.25) is 0 Å². The van der Waals surface area contributed by atoms with Crippen molar-refractivity contribution in [3.05, 3.63) is 91.0 Å². The van der Waals surface area contributed by atoms with Crippen molar-refractivity contribution >= 4 is 23.1 Å². The van der Waals surface area contributed by atoms with E-state index < -0.39 is 7.14 Å². The van der Waals surface area contributed by atoms with Crippen molar-refractivity contribution < 1.29 is 93.2 Å². The quantitative estimate of drug-likeness (QED) is 0.341. The van der Waals surface area contributed by atoms with Gasteiger partial charge in [0, 0.05) is 15.9 Å². The third-order valence-electron chi connectivity index (χ3n) is 3.36. The molecular weight excluding hydrogens is 332 g/mol. The molecule has 0 aliphatic heterocycles. The number of hydrogen-bond acceptors (Lipinski definition) is 1. The van der Waals surface area contributed by atoms with Crippen LogP contribution in [-0.2, 0) is 4.57 Å². The summed E-state index contributed by atoms with van der Waals surface area (Å²) >= 11 is 0. The largest absolute Gasteiger partial charge is 1.00 e. The summed E-state index contributed by atoms with van der Waals surface area (Å²) in [6.07, 6.45) is 0. The Morgan fingerprint density at radius 1 is 0.435 bits per heavy atom. The van der Waals surface area contributed by atoms with E-state index in [9.17, 15) is 4.57 Å². The van der Waals surface area contributed by atoms with Crippen LogP contribution in [0.25, 0.3) is 0 Å². The first-order valence-electron chi connectivity index (χ1n) is 6.59. The fourth-order valence-corrected chi connectivity index (χ4v) is 5.03. The number of benzene rings is 3. The SMILES string of the molecule is O=P(c1ccccc1)(c1ccccc1)c1ccccc1.[Na+].[Na+].[Na+]. The summed E-state index contributed by atoms with van der Waals surface area (Å²) in [6, 6.07) is 29.1. The molecule has 0 N–H and O–H groups in total. The van der Waals surface area contributed by atoms with Crippen LogP contribution < -0.4 is 105 Å². The summed E-state index contributed by atoms with van der Waals surface area (Å²) < 4.78 is 13.8. The average Bonchev–Trinajstić information content (AvgIpc) is 2.56. The molecule has 23 heavy (non-hydrogen) atoms. The molecule has 0 saturated carbocycles. The van der Waals surface area contributed by atoms with Crippen LogP contribution in [-0.4, -0.2) is 0 Å². The molecule has 1 nitrogen and oxygen atoms in total. The van der Waals surface area contributed by atoms with Gasteiger partial charge in [-0.2, -0.15) is 0 Å². The fourth-order valence-electron chi connectivity index (χ4n) is 2.36. The summed E-state index contributed by atoms with van der Waals surface area (Å²) in [6.45, 7) is 0. The van der Waals surface area contributed by atoms with Crippen molar-refractivity contribution in [2.45, 2.75) is 0 Å².